The zero-order chi connectivity index (χ0) is 21.0. The Hall–Kier alpha value is -3.68. The first-order chi connectivity index (χ1) is 13.8. The molecule has 0 radical (unpaired) electrons. The lowest BCUT2D eigenvalue weighted by atomic mass is 10.0. The molecule has 0 unspecified atom stereocenters. The zero-order valence-corrected chi connectivity index (χ0v) is 16.2. The molecule has 0 spiro atoms. The minimum atomic E-state index is -0.292. The molecule has 2 aromatic rings. The first-order valence-electron chi connectivity index (χ1n) is 9.07. The van der Waals surface area contributed by atoms with Gasteiger partial charge in [-0.05, 0) is 42.5 Å². The highest BCUT2D eigenvalue weighted by Gasteiger charge is 2.23. The summed E-state index contributed by atoms with van der Waals surface area (Å²) >= 11 is 0. The van der Waals surface area contributed by atoms with Crippen LogP contribution in [0, 0.1) is 0 Å². The van der Waals surface area contributed by atoms with Gasteiger partial charge in [0, 0.05) is 43.8 Å². The molecule has 0 fully saturated rings. The molecule has 2 aromatic carbocycles. The van der Waals surface area contributed by atoms with Gasteiger partial charge in [0.2, 0.25) is 11.8 Å². The summed E-state index contributed by atoms with van der Waals surface area (Å²) in [5, 5.41) is 5.36. The van der Waals surface area contributed by atoms with E-state index in [1.165, 1.54) is 11.8 Å². The van der Waals surface area contributed by atoms with E-state index in [4.69, 9.17) is 4.74 Å². The predicted octanol–water partition coefficient (Wildman–Crippen LogP) is 2.60. The van der Waals surface area contributed by atoms with Crippen molar-refractivity contribution in [2.24, 2.45) is 0 Å². The number of carbonyl (C=O) groups is 4. The molecule has 0 aliphatic carbocycles. The van der Waals surface area contributed by atoms with Crippen LogP contribution in [-0.2, 0) is 14.4 Å². The smallest absolute Gasteiger partial charge is 0.264 e. The van der Waals surface area contributed by atoms with Gasteiger partial charge in [0.15, 0.2) is 12.4 Å². The lowest BCUT2D eigenvalue weighted by Crippen LogP contribution is -2.35. The fourth-order valence-corrected chi connectivity index (χ4v) is 2.88. The molecule has 8 nitrogen and oxygen atoms in total. The first-order valence-corrected chi connectivity index (χ1v) is 9.07. The van der Waals surface area contributed by atoms with Crippen LogP contribution in [0.15, 0.2) is 42.5 Å². The largest absolute Gasteiger partial charge is 0.482 e. The fourth-order valence-electron chi connectivity index (χ4n) is 2.88. The summed E-state index contributed by atoms with van der Waals surface area (Å²) in [5.74, 6) is -0.311. The van der Waals surface area contributed by atoms with Crippen LogP contribution in [0.2, 0.25) is 0 Å². The number of hydrogen-bond acceptors (Lipinski definition) is 5. The Kier molecular flexibility index (Phi) is 5.92. The van der Waals surface area contributed by atoms with E-state index in [1.54, 1.807) is 49.5 Å². The van der Waals surface area contributed by atoms with Gasteiger partial charge in [-0.25, -0.2) is 0 Å². The van der Waals surface area contributed by atoms with Gasteiger partial charge in [0.05, 0.1) is 5.69 Å². The van der Waals surface area contributed by atoms with Crippen LogP contribution < -0.4 is 20.3 Å². The summed E-state index contributed by atoms with van der Waals surface area (Å²) in [6, 6.07) is 11.6. The van der Waals surface area contributed by atoms with Crippen molar-refractivity contribution >= 4 is 40.6 Å². The van der Waals surface area contributed by atoms with Gasteiger partial charge in [-0.3, -0.25) is 19.2 Å². The van der Waals surface area contributed by atoms with Crippen LogP contribution in [0.5, 0.6) is 5.75 Å². The Morgan fingerprint density at radius 2 is 1.66 bits per heavy atom. The van der Waals surface area contributed by atoms with Gasteiger partial charge >= 0.3 is 0 Å². The number of rotatable bonds is 6. The standard InChI is InChI=1S/C21H21N3O5/c1-13(25)22-15-4-6-16(7-5-15)23-20(27)10-8-18(26)14-3-9-19-17(11-14)24(2)21(28)12-29-19/h3-7,9,11H,8,10,12H2,1-2H3,(H,22,25)(H,23,27). The van der Waals surface area contributed by atoms with E-state index in [1.807, 2.05) is 0 Å². The molecular weight excluding hydrogens is 374 g/mol. The molecule has 3 rings (SSSR count). The number of benzene rings is 2. The molecule has 0 bridgehead atoms. The normalized spacial score (nSPS) is 12.6. The molecule has 1 heterocycles. The molecule has 0 saturated carbocycles. The number of hydrogen-bond donors (Lipinski definition) is 2. The number of anilines is 3. The molecule has 0 saturated heterocycles. The topological polar surface area (TPSA) is 105 Å². The fraction of sp³-hybridized carbons (Fsp3) is 0.238. The highest BCUT2D eigenvalue weighted by Crippen LogP contribution is 2.32. The number of fused-ring (bicyclic) bond motifs is 1. The SMILES string of the molecule is CC(=O)Nc1ccc(NC(=O)CCC(=O)c2ccc3c(c2)N(C)C(=O)CO3)cc1. The third kappa shape index (κ3) is 4.98. The second-order valence-corrected chi connectivity index (χ2v) is 6.65. The minimum Gasteiger partial charge on any atom is -0.482 e. The molecule has 0 atom stereocenters. The molecule has 1 aliphatic rings. The Bertz CT molecular complexity index is 969. The monoisotopic (exact) mass is 395 g/mol. The number of likely N-dealkylation sites (N-methyl/N-ethyl adjacent to an activating group) is 1. The highest BCUT2D eigenvalue weighted by atomic mass is 16.5. The molecular formula is C21H21N3O5. The summed E-state index contributed by atoms with van der Waals surface area (Å²) in [7, 11) is 1.63. The van der Waals surface area contributed by atoms with E-state index in [-0.39, 0.29) is 43.0 Å². The summed E-state index contributed by atoms with van der Waals surface area (Å²) in [4.78, 5) is 48.8. The van der Waals surface area contributed by atoms with Crippen molar-refractivity contribution in [2.75, 3.05) is 29.2 Å². The van der Waals surface area contributed by atoms with Crippen LogP contribution >= 0.6 is 0 Å². The molecule has 150 valence electrons. The molecule has 3 amide bonds. The average molecular weight is 395 g/mol. The zero-order valence-electron chi connectivity index (χ0n) is 16.2. The van der Waals surface area contributed by atoms with Crippen LogP contribution in [0.4, 0.5) is 17.1 Å². The van der Waals surface area contributed by atoms with E-state index >= 15 is 0 Å². The highest BCUT2D eigenvalue weighted by molar-refractivity contribution is 6.03. The van der Waals surface area contributed by atoms with Crippen LogP contribution in [0.3, 0.4) is 0 Å². The number of ether oxygens (including phenoxy) is 1. The third-order valence-corrected chi connectivity index (χ3v) is 4.44. The van der Waals surface area contributed by atoms with Crippen LogP contribution in [0.1, 0.15) is 30.1 Å². The average Bonchev–Trinajstić information content (AvgIpc) is 2.70. The number of carbonyl (C=O) groups excluding carboxylic acids is 4. The third-order valence-electron chi connectivity index (χ3n) is 4.44. The van der Waals surface area contributed by atoms with Gasteiger partial charge in [-0.1, -0.05) is 0 Å². The summed E-state index contributed by atoms with van der Waals surface area (Å²) < 4.78 is 5.35. The van der Waals surface area contributed by atoms with Crippen molar-refractivity contribution in [1.29, 1.82) is 0 Å². The number of nitrogens with one attached hydrogen (secondary N) is 2. The molecule has 8 heteroatoms. The van der Waals surface area contributed by atoms with Crippen molar-refractivity contribution in [3.63, 3.8) is 0 Å². The second-order valence-electron chi connectivity index (χ2n) is 6.65. The van der Waals surface area contributed by atoms with E-state index in [0.717, 1.165) is 0 Å². The van der Waals surface area contributed by atoms with Gasteiger partial charge < -0.3 is 20.3 Å². The summed E-state index contributed by atoms with van der Waals surface area (Å²) in [6.07, 6.45) is 0.0573. The van der Waals surface area contributed by atoms with Crippen molar-refractivity contribution in [3.05, 3.63) is 48.0 Å². The minimum absolute atomic E-state index is 0.0225. The Labute approximate surface area is 167 Å². The van der Waals surface area contributed by atoms with E-state index in [0.29, 0.717) is 28.4 Å². The van der Waals surface area contributed by atoms with Gasteiger partial charge in [0.25, 0.3) is 5.91 Å². The maximum atomic E-state index is 12.5. The number of nitrogens with zero attached hydrogens (tertiary/aromatic N) is 1. The van der Waals surface area contributed by atoms with Crippen molar-refractivity contribution in [1.82, 2.24) is 0 Å². The number of Topliss-reactive ketones (excluding diaryl/α,β-unsaturated/α-hetero) is 1. The summed E-state index contributed by atoms with van der Waals surface area (Å²) in [5.41, 5.74) is 2.16. The predicted molar refractivity (Wildman–Crippen MR) is 108 cm³/mol. The van der Waals surface area contributed by atoms with E-state index in [9.17, 15) is 19.2 Å². The second kappa shape index (κ2) is 8.55. The lowest BCUT2D eigenvalue weighted by Gasteiger charge is -2.26. The Balaban J connectivity index is 1.56. The lowest BCUT2D eigenvalue weighted by molar-refractivity contribution is -0.121. The van der Waals surface area contributed by atoms with Gasteiger partial charge in [-0.15, -0.1) is 0 Å². The van der Waals surface area contributed by atoms with E-state index in [2.05, 4.69) is 10.6 Å². The maximum absolute atomic E-state index is 12.5. The van der Waals surface area contributed by atoms with E-state index < -0.39 is 0 Å². The van der Waals surface area contributed by atoms with Crippen molar-refractivity contribution in [3.8, 4) is 5.75 Å². The molecule has 29 heavy (non-hydrogen) atoms. The quantitative estimate of drug-likeness (QED) is 0.732. The molecule has 0 aromatic heterocycles. The van der Waals surface area contributed by atoms with Crippen molar-refractivity contribution < 1.29 is 23.9 Å². The van der Waals surface area contributed by atoms with Crippen molar-refractivity contribution in [2.45, 2.75) is 19.8 Å². The summed E-state index contributed by atoms with van der Waals surface area (Å²) in [6.45, 7) is 1.39. The van der Waals surface area contributed by atoms with Gasteiger partial charge in [-0.2, -0.15) is 0 Å². The first kappa shape index (κ1) is 20.1. The Morgan fingerprint density at radius 3 is 2.31 bits per heavy atom. The van der Waals surface area contributed by atoms with Gasteiger partial charge in [0.1, 0.15) is 5.75 Å². The number of amides is 3. The maximum Gasteiger partial charge on any atom is 0.264 e. The Morgan fingerprint density at radius 1 is 1.00 bits per heavy atom. The molecule has 1 aliphatic heterocycles. The van der Waals surface area contributed by atoms with Crippen LogP contribution in [-0.4, -0.2) is 37.2 Å². The van der Waals surface area contributed by atoms with Crippen LogP contribution in [0.25, 0.3) is 0 Å². The number of ketones is 1. The molecule has 2 N–H and O–H groups in total.